The molecular formula is C14H32AlCl3O3Si2. The van der Waals surface area contributed by atoms with Gasteiger partial charge in [-0.1, -0.05) is 76.3 Å². The third-order valence-electron chi connectivity index (χ3n) is 4.94. The van der Waals surface area contributed by atoms with E-state index in [9.17, 15) is 0 Å². The normalized spacial score (nSPS) is 13.4. The summed E-state index contributed by atoms with van der Waals surface area (Å²) < 4.78 is 17.5. The Morgan fingerprint density at radius 1 is 0.696 bits per heavy atom. The highest BCUT2D eigenvalue weighted by molar-refractivity contribution is 6.82. The van der Waals surface area contributed by atoms with Gasteiger partial charge < -0.3 is 10.7 Å². The van der Waals surface area contributed by atoms with E-state index in [0.29, 0.717) is 0 Å². The third kappa shape index (κ3) is 8.77. The minimum Gasteiger partial charge on any atom is -0.499 e. The van der Waals surface area contributed by atoms with Crippen LogP contribution in [0.15, 0.2) is 0 Å². The molecule has 0 heterocycles. The van der Waals surface area contributed by atoms with Crippen LogP contribution in [-0.2, 0) is 10.7 Å². The Labute approximate surface area is 165 Å². The van der Waals surface area contributed by atoms with Crippen LogP contribution < -0.4 is 0 Å². The summed E-state index contributed by atoms with van der Waals surface area (Å²) in [5.74, 6) is 0. The van der Waals surface area contributed by atoms with E-state index in [-0.39, 0.29) is 6.61 Å². The highest BCUT2D eigenvalue weighted by atomic mass is 35.6. The van der Waals surface area contributed by atoms with Crippen molar-refractivity contribution in [2.45, 2.75) is 81.6 Å². The maximum Gasteiger partial charge on any atom is 0.883 e. The topological polar surface area (TPSA) is 27.7 Å². The molecule has 0 unspecified atom stereocenters. The van der Waals surface area contributed by atoms with Gasteiger partial charge >= 0.3 is 15.1 Å². The fraction of sp³-hybridized carbons (Fsp3) is 1.00. The molecule has 0 amide bonds. The second-order valence-electron chi connectivity index (χ2n) is 5.94. The number of alkyl halides is 3. The molecule has 0 saturated carbocycles. The molecule has 0 fully saturated rings. The summed E-state index contributed by atoms with van der Waals surface area (Å²) >= 11 is 15.3. The Bertz CT molecular complexity index is 286. The Hall–Kier alpha value is 1.72. The largest absolute Gasteiger partial charge is 0.883 e. The highest BCUT2D eigenvalue weighted by Gasteiger charge is 2.47. The van der Waals surface area contributed by atoms with Crippen molar-refractivity contribution in [1.29, 1.82) is 0 Å². The molecule has 0 saturated heterocycles. The lowest BCUT2D eigenvalue weighted by Gasteiger charge is -2.36. The molecule has 0 aromatic heterocycles. The summed E-state index contributed by atoms with van der Waals surface area (Å²) in [5.41, 5.74) is 0. The van der Waals surface area contributed by atoms with E-state index in [0.717, 1.165) is 36.3 Å². The van der Waals surface area contributed by atoms with Crippen LogP contribution in [0.3, 0.4) is 0 Å². The van der Waals surface area contributed by atoms with Gasteiger partial charge in [0.05, 0.1) is 6.61 Å². The fourth-order valence-electron chi connectivity index (χ4n) is 2.66. The predicted octanol–water partition coefficient (Wildman–Crippen LogP) is 6.40. The molecule has 0 bridgehead atoms. The van der Waals surface area contributed by atoms with Gasteiger partial charge in [-0.2, -0.15) is 0 Å². The van der Waals surface area contributed by atoms with E-state index >= 15 is 0 Å². The van der Waals surface area contributed by atoms with E-state index in [1.54, 1.807) is 0 Å². The minimum atomic E-state index is -2.32. The first-order chi connectivity index (χ1) is 10.6. The van der Waals surface area contributed by atoms with Crippen LogP contribution in [0.2, 0.25) is 36.3 Å². The number of halogens is 3. The summed E-state index contributed by atoms with van der Waals surface area (Å²) in [4.78, 5) is 0. The lowest BCUT2D eigenvalue weighted by atomic mass is 10.9. The molecule has 0 aliphatic rings. The maximum atomic E-state index is 6.53. The van der Waals surface area contributed by atoms with Crippen LogP contribution in [0, 0.1) is 0 Å². The third-order valence-corrected chi connectivity index (χ3v) is 19.0. The van der Waals surface area contributed by atoms with Crippen LogP contribution in [0.1, 0.15) is 41.5 Å². The second kappa shape index (κ2) is 11.4. The van der Waals surface area contributed by atoms with Gasteiger partial charge in [0.15, 0.2) is 16.6 Å². The standard InChI is InChI=1S/2C6H15OSi.C2H2Cl3O.Al/c2*1-4-8(7,5-2)6-3;3-2(4,5)1-6;/h2*4-6H2,1-3H3;1H2;/q3*-1;+3. The highest BCUT2D eigenvalue weighted by Crippen LogP contribution is 2.30. The van der Waals surface area contributed by atoms with E-state index in [2.05, 4.69) is 41.5 Å². The van der Waals surface area contributed by atoms with Gasteiger partial charge in [0.1, 0.15) is 0 Å². The fourth-order valence-corrected chi connectivity index (χ4v) is 15.0. The lowest BCUT2D eigenvalue weighted by molar-refractivity contribution is 0.196. The molecule has 0 rings (SSSR count). The van der Waals surface area contributed by atoms with Gasteiger partial charge in [-0.3, -0.25) is 0 Å². The molecule has 0 aliphatic carbocycles. The summed E-state index contributed by atoms with van der Waals surface area (Å²) in [6, 6.07) is 6.35. The average molecular weight is 438 g/mol. The molecule has 23 heavy (non-hydrogen) atoms. The zero-order valence-electron chi connectivity index (χ0n) is 15.4. The van der Waals surface area contributed by atoms with E-state index in [1.165, 1.54) is 0 Å². The number of hydrogen-bond acceptors (Lipinski definition) is 3. The van der Waals surface area contributed by atoms with E-state index in [4.69, 9.17) is 45.5 Å². The summed E-state index contributed by atoms with van der Waals surface area (Å²) in [7, 11) is -3.62. The van der Waals surface area contributed by atoms with Crippen molar-refractivity contribution in [2.75, 3.05) is 6.61 Å². The van der Waals surface area contributed by atoms with E-state index in [1.807, 2.05) is 0 Å². The average Bonchev–Trinajstić information content (AvgIpc) is 2.54. The van der Waals surface area contributed by atoms with Crippen LogP contribution in [0.25, 0.3) is 0 Å². The van der Waals surface area contributed by atoms with Crippen LogP contribution in [0.4, 0.5) is 0 Å². The molecule has 0 aromatic rings. The van der Waals surface area contributed by atoms with Crippen molar-refractivity contribution in [2.24, 2.45) is 0 Å². The van der Waals surface area contributed by atoms with Crippen LogP contribution in [-0.4, -0.2) is 42.2 Å². The molecule has 0 radical (unpaired) electrons. The van der Waals surface area contributed by atoms with Crippen molar-refractivity contribution in [3.63, 3.8) is 0 Å². The molecule has 0 aromatic carbocycles. The molecule has 9 heteroatoms. The van der Waals surface area contributed by atoms with Crippen molar-refractivity contribution in [3.05, 3.63) is 0 Å². The Kier molecular flexibility index (Phi) is 12.3. The predicted molar refractivity (Wildman–Crippen MR) is 109 cm³/mol. The van der Waals surface area contributed by atoms with Gasteiger partial charge in [-0.25, -0.2) is 0 Å². The van der Waals surface area contributed by atoms with Gasteiger partial charge in [0, 0.05) is 0 Å². The van der Waals surface area contributed by atoms with Crippen LogP contribution >= 0.6 is 34.8 Å². The first kappa shape index (κ1) is 24.7. The molecule has 0 aliphatic heterocycles. The summed E-state index contributed by atoms with van der Waals surface area (Å²) in [6.07, 6.45) is 0. The van der Waals surface area contributed by atoms with Crippen molar-refractivity contribution in [1.82, 2.24) is 0 Å². The zero-order valence-corrected chi connectivity index (χ0v) is 20.8. The smallest absolute Gasteiger partial charge is 0.499 e. The SMILES string of the molecule is CC[Si](CC)(CC)[O][Al]([O]CC(Cl)(Cl)Cl)[O][Si](CC)(CC)CC. The van der Waals surface area contributed by atoms with Crippen molar-refractivity contribution < 1.29 is 10.7 Å². The van der Waals surface area contributed by atoms with Crippen molar-refractivity contribution in [3.8, 4) is 0 Å². The Morgan fingerprint density at radius 2 is 1.00 bits per heavy atom. The molecule has 0 spiro atoms. The number of hydrogen-bond donors (Lipinski definition) is 0. The maximum absolute atomic E-state index is 6.53. The summed E-state index contributed by atoms with van der Waals surface area (Å²) in [6.45, 7) is 13.2. The van der Waals surface area contributed by atoms with Gasteiger partial charge in [0.25, 0.3) is 0 Å². The Morgan fingerprint density at radius 3 is 1.22 bits per heavy atom. The minimum absolute atomic E-state index is 0.0256. The van der Waals surface area contributed by atoms with Gasteiger partial charge in [0.2, 0.25) is 3.79 Å². The monoisotopic (exact) mass is 436 g/mol. The van der Waals surface area contributed by atoms with Gasteiger partial charge in [-0.15, -0.1) is 0 Å². The first-order valence-electron chi connectivity index (χ1n) is 8.69. The quantitative estimate of drug-likeness (QED) is 0.261. The molecule has 138 valence electrons. The van der Waals surface area contributed by atoms with Crippen LogP contribution in [0.5, 0.6) is 0 Å². The first-order valence-corrected chi connectivity index (χ1v) is 16.3. The molecule has 0 N–H and O–H groups in total. The molecular weight excluding hydrogens is 406 g/mol. The van der Waals surface area contributed by atoms with Gasteiger partial charge in [-0.05, 0) is 36.3 Å². The van der Waals surface area contributed by atoms with E-state index < -0.39 is 35.6 Å². The molecule has 0 atom stereocenters. The van der Waals surface area contributed by atoms with Crippen molar-refractivity contribution >= 4 is 66.6 Å². The Balaban J connectivity index is 5.22. The lowest BCUT2D eigenvalue weighted by Crippen LogP contribution is -2.51. The number of rotatable bonds is 12. The summed E-state index contributed by atoms with van der Waals surface area (Å²) in [5, 5.41) is 0. The zero-order chi connectivity index (χ0) is 18.1. The molecule has 3 nitrogen and oxygen atoms in total. The second-order valence-corrected chi connectivity index (χ2v) is 20.2.